The molecule has 168 valence electrons. The van der Waals surface area contributed by atoms with Gasteiger partial charge in [0.05, 0.1) is 24.8 Å². The van der Waals surface area contributed by atoms with Gasteiger partial charge in [-0.15, -0.1) is 0 Å². The van der Waals surface area contributed by atoms with Gasteiger partial charge in [0.15, 0.2) is 11.6 Å². The molecule has 2 aliphatic rings. The zero-order valence-corrected chi connectivity index (χ0v) is 18.7. The number of ether oxygens (including phenoxy) is 1. The minimum Gasteiger partial charge on any atom is -0.440 e. The highest BCUT2D eigenvalue weighted by atomic mass is 19.1. The number of amides is 1. The van der Waals surface area contributed by atoms with Gasteiger partial charge in [-0.3, -0.25) is 9.89 Å². The smallest absolute Gasteiger partial charge is 0.411 e. The van der Waals surface area contributed by atoms with Crippen molar-refractivity contribution in [3.05, 3.63) is 65.4 Å². The topological polar surface area (TPSA) is 83.0 Å². The zero-order chi connectivity index (χ0) is 22.9. The van der Waals surface area contributed by atoms with Crippen LogP contribution < -0.4 is 5.32 Å². The fraction of sp³-hybridized carbons (Fsp3) is 0.391. The van der Waals surface area contributed by atoms with E-state index in [9.17, 15) is 9.18 Å². The van der Waals surface area contributed by atoms with Crippen molar-refractivity contribution >= 4 is 17.7 Å². The zero-order valence-electron chi connectivity index (χ0n) is 18.7. The molecule has 1 atom stereocenters. The number of likely N-dealkylation sites (N-methyl/N-ethyl adjacent to an activating group) is 1. The number of anilines is 1. The van der Waals surface area contributed by atoms with Gasteiger partial charge >= 0.3 is 6.09 Å². The summed E-state index contributed by atoms with van der Waals surface area (Å²) in [5.74, 6) is 0.0162. The predicted octanol–water partition coefficient (Wildman–Crippen LogP) is 3.27. The van der Waals surface area contributed by atoms with E-state index in [4.69, 9.17) is 4.74 Å². The van der Waals surface area contributed by atoms with Crippen LogP contribution in [0.4, 0.5) is 15.0 Å². The second-order valence-corrected chi connectivity index (χ2v) is 8.66. The molecule has 1 amide bonds. The Hall–Kier alpha value is -3.33. The molecular weight excluding hydrogens is 411 g/mol. The monoisotopic (exact) mass is 438 g/mol. The average Bonchev–Trinajstić information content (AvgIpc) is 3.27. The highest BCUT2D eigenvalue weighted by Crippen LogP contribution is 2.39. The molecule has 0 bridgehead atoms. The van der Waals surface area contributed by atoms with E-state index in [1.54, 1.807) is 4.90 Å². The summed E-state index contributed by atoms with van der Waals surface area (Å²) < 4.78 is 20.0. The Balaban J connectivity index is 1.51. The SMILES string of the molecule is CN(C)C[C@@H](OC(=O)N1CC2=C(CN=C2Nc2ncncc2F)C1(C)C)c1ccccc1. The highest BCUT2D eigenvalue weighted by Gasteiger charge is 2.46. The van der Waals surface area contributed by atoms with Gasteiger partial charge < -0.3 is 15.0 Å². The van der Waals surface area contributed by atoms with E-state index in [-0.39, 0.29) is 5.82 Å². The van der Waals surface area contributed by atoms with E-state index >= 15 is 0 Å². The molecule has 0 unspecified atom stereocenters. The van der Waals surface area contributed by atoms with E-state index in [1.807, 2.05) is 63.2 Å². The number of carbonyl (C=O) groups excluding carboxylic acids is 1. The lowest BCUT2D eigenvalue weighted by atomic mass is 9.94. The van der Waals surface area contributed by atoms with Crippen LogP contribution in [0, 0.1) is 5.82 Å². The van der Waals surface area contributed by atoms with Gasteiger partial charge in [-0.2, -0.15) is 0 Å². The summed E-state index contributed by atoms with van der Waals surface area (Å²) in [5, 5.41) is 2.95. The Kier molecular flexibility index (Phi) is 5.92. The number of hydrogen-bond donors (Lipinski definition) is 1. The summed E-state index contributed by atoms with van der Waals surface area (Å²) in [5.41, 5.74) is 2.24. The van der Waals surface area contributed by atoms with Crippen molar-refractivity contribution < 1.29 is 13.9 Å². The van der Waals surface area contributed by atoms with Crippen molar-refractivity contribution in [1.29, 1.82) is 0 Å². The number of benzene rings is 1. The van der Waals surface area contributed by atoms with Crippen LogP contribution in [-0.2, 0) is 4.74 Å². The van der Waals surface area contributed by atoms with Gasteiger partial charge in [0.2, 0.25) is 0 Å². The molecule has 1 aromatic heterocycles. The number of rotatable bonds is 5. The van der Waals surface area contributed by atoms with Gasteiger partial charge in [0.25, 0.3) is 0 Å². The largest absolute Gasteiger partial charge is 0.440 e. The molecular formula is C23H27FN6O2. The number of amidine groups is 1. The first-order chi connectivity index (χ1) is 15.3. The Morgan fingerprint density at radius 1 is 1.31 bits per heavy atom. The first-order valence-corrected chi connectivity index (χ1v) is 10.4. The third-order valence-corrected chi connectivity index (χ3v) is 5.85. The maximum atomic E-state index is 14.0. The van der Waals surface area contributed by atoms with Crippen molar-refractivity contribution in [2.45, 2.75) is 25.5 Å². The molecule has 2 aromatic rings. The van der Waals surface area contributed by atoms with Gasteiger partial charge in [-0.1, -0.05) is 30.3 Å². The van der Waals surface area contributed by atoms with E-state index in [2.05, 4.69) is 20.3 Å². The maximum absolute atomic E-state index is 14.0. The lowest BCUT2D eigenvalue weighted by Crippen LogP contribution is -2.47. The standard InChI is InChI=1S/C23H27FN6O2/c1-23(2)17-10-26-20(28-21-18(24)11-25-14-27-21)16(17)12-30(23)22(31)32-19(13-29(3)4)15-8-6-5-7-9-15/h5-9,11,14,19H,10,12-13H2,1-4H3,(H,25,26,27,28)/t19-/m1/s1. The quantitative estimate of drug-likeness (QED) is 0.772. The minimum atomic E-state index is -0.580. The molecule has 2 aliphatic heterocycles. The van der Waals surface area contributed by atoms with E-state index < -0.39 is 23.6 Å². The van der Waals surface area contributed by atoms with Crippen molar-refractivity contribution in [3.63, 3.8) is 0 Å². The van der Waals surface area contributed by atoms with Crippen LogP contribution in [0.15, 0.2) is 59.0 Å². The molecule has 0 spiro atoms. The van der Waals surface area contributed by atoms with Crippen LogP contribution in [-0.4, -0.2) is 71.0 Å². The lowest BCUT2D eigenvalue weighted by molar-refractivity contribution is 0.0383. The third kappa shape index (κ3) is 4.20. The molecule has 3 heterocycles. The van der Waals surface area contributed by atoms with Crippen LogP contribution in [0.2, 0.25) is 0 Å². The van der Waals surface area contributed by atoms with Gasteiger partial charge in [-0.05, 0) is 39.1 Å². The number of aliphatic imine (C=N–C) groups is 1. The Bertz CT molecular complexity index is 1070. The van der Waals surface area contributed by atoms with E-state index in [0.29, 0.717) is 25.5 Å². The molecule has 9 heteroatoms. The number of hydrogen-bond acceptors (Lipinski definition) is 7. The lowest BCUT2D eigenvalue weighted by Gasteiger charge is -2.35. The number of carbonyl (C=O) groups is 1. The highest BCUT2D eigenvalue weighted by molar-refractivity contribution is 6.11. The summed E-state index contributed by atoms with van der Waals surface area (Å²) in [6.45, 7) is 5.27. The summed E-state index contributed by atoms with van der Waals surface area (Å²) in [7, 11) is 3.89. The van der Waals surface area contributed by atoms with Gasteiger partial charge in [-0.25, -0.2) is 19.2 Å². The number of halogens is 1. The van der Waals surface area contributed by atoms with Crippen LogP contribution in [0.5, 0.6) is 0 Å². The van der Waals surface area contributed by atoms with Crippen molar-refractivity contribution in [3.8, 4) is 0 Å². The molecule has 0 fully saturated rings. The average molecular weight is 439 g/mol. The van der Waals surface area contributed by atoms with Crippen molar-refractivity contribution in [1.82, 2.24) is 19.8 Å². The van der Waals surface area contributed by atoms with Gasteiger partial charge in [0.1, 0.15) is 18.3 Å². The summed E-state index contributed by atoms with van der Waals surface area (Å²) in [4.78, 5) is 29.1. The molecule has 32 heavy (non-hydrogen) atoms. The van der Waals surface area contributed by atoms with E-state index in [0.717, 1.165) is 22.9 Å². The van der Waals surface area contributed by atoms with Crippen LogP contribution in [0.25, 0.3) is 0 Å². The number of nitrogens with one attached hydrogen (secondary N) is 1. The molecule has 0 radical (unpaired) electrons. The molecule has 1 aromatic carbocycles. The fourth-order valence-electron chi connectivity index (χ4n) is 4.06. The molecule has 4 rings (SSSR count). The molecule has 1 N–H and O–H groups in total. The first-order valence-electron chi connectivity index (χ1n) is 10.4. The second-order valence-electron chi connectivity index (χ2n) is 8.66. The second kappa shape index (κ2) is 8.66. The van der Waals surface area contributed by atoms with Crippen LogP contribution in [0.3, 0.4) is 0 Å². The molecule has 0 saturated carbocycles. The summed E-state index contributed by atoms with van der Waals surface area (Å²) in [6.07, 6.45) is 1.57. The van der Waals surface area contributed by atoms with Crippen LogP contribution >= 0.6 is 0 Å². The Morgan fingerprint density at radius 2 is 2.06 bits per heavy atom. The van der Waals surface area contributed by atoms with Crippen molar-refractivity contribution in [2.24, 2.45) is 4.99 Å². The van der Waals surface area contributed by atoms with Gasteiger partial charge in [0, 0.05) is 12.1 Å². The Labute approximate surface area is 186 Å². The fourth-order valence-corrected chi connectivity index (χ4v) is 4.06. The first kappa shape index (κ1) is 21.9. The molecule has 0 saturated heterocycles. The Morgan fingerprint density at radius 3 is 2.75 bits per heavy atom. The normalized spacial score (nSPS) is 17.9. The summed E-state index contributed by atoms with van der Waals surface area (Å²) >= 11 is 0. The van der Waals surface area contributed by atoms with E-state index in [1.165, 1.54) is 6.33 Å². The predicted molar refractivity (Wildman–Crippen MR) is 120 cm³/mol. The third-order valence-electron chi connectivity index (χ3n) is 5.85. The minimum absolute atomic E-state index is 0.0569. The molecule has 0 aliphatic carbocycles. The maximum Gasteiger partial charge on any atom is 0.411 e. The van der Waals surface area contributed by atoms with Crippen LogP contribution in [0.1, 0.15) is 25.5 Å². The number of nitrogens with zero attached hydrogens (tertiary/aromatic N) is 5. The van der Waals surface area contributed by atoms with Crippen molar-refractivity contribution in [2.75, 3.05) is 39.0 Å². The number of aromatic nitrogens is 2. The summed E-state index contributed by atoms with van der Waals surface area (Å²) in [6, 6.07) is 9.72. The molecule has 8 nitrogen and oxygen atoms in total.